The Morgan fingerprint density at radius 1 is 1.17 bits per heavy atom. The number of aryl methyl sites for hydroxylation is 1. The summed E-state index contributed by atoms with van der Waals surface area (Å²) in [4.78, 5) is 40.4. The molecule has 0 aliphatic rings. The molecule has 0 aliphatic carbocycles. The van der Waals surface area contributed by atoms with Gasteiger partial charge in [-0.1, -0.05) is 0 Å². The summed E-state index contributed by atoms with van der Waals surface area (Å²) in [5.74, 6) is -0.253. The predicted molar refractivity (Wildman–Crippen MR) is 101 cm³/mol. The Bertz CT molecular complexity index is 1240. The number of fused-ring (bicyclic) bond motifs is 1. The van der Waals surface area contributed by atoms with Gasteiger partial charge in [-0.15, -0.1) is 4.57 Å². The number of nitrogens with one attached hydrogen (secondary N) is 1. The molecule has 4 rings (SSSR count). The highest BCUT2D eigenvalue weighted by Gasteiger charge is 2.12. The summed E-state index contributed by atoms with van der Waals surface area (Å²) in [6, 6.07) is 12.2. The highest BCUT2D eigenvalue weighted by atomic mass is 16.5. The molecule has 1 aromatic carbocycles. The third kappa shape index (κ3) is 3.93. The van der Waals surface area contributed by atoms with Crippen molar-refractivity contribution in [1.82, 2.24) is 9.56 Å². The van der Waals surface area contributed by atoms with Gasteiger partial charge < -0.3 is 19.0 Å². The maximum absolute atomic E-state index is 12.2. The molecule has 0 saturated heterocycles. The molecule has 0 fully saturated rings. The summed E-state index contributed by atoms with van der Waals surface area (Å²) >= 11 is 0. The average molecular weight is 393 g/mol. The number of anilines is 1. The van der Waals surface area contributed by atoms with Gasteiger partial charge in [-0.2, -0.15) is 0 Å². The van der Waals surface area contributed by atoms with Crippen molar-refractivity contribution in [3.8, 4) is 0 Å². The van der Waals surface area contributed by atoms with Gasteiger partial charge in [0, 0.05) is 17.8 Å². The van der Waals surface area contributed by atoms with E-state index in [0.29, 0.717) is 22.8 Å². The van der Waals surface area contributed by atoms with Crippen LogP contribution in [0.1, 0.15) is 32.4 Å². The summed E-state index contributed by atoms with van der Waals surface area (Å²) in [7, 11) is 0. The van der Waals surface area contributed by atoms with Crippen LogP contribution < -0.4 is 10.9 Å². The number of amides is 1. The van der Waals surface area contributed by atoms with Gasteiger partial charge in [0.25, 0.3) is 11.5 Å². The van der Waals surface area contributed by atoms with Gasteiger partial charge in [0.05, 0.1) is 17.5 Å². The highest BCUT2D eigenvalue weighted by Crippen LogP contribution is 2.13. The van der Waals surface area contributed by atoms with Crippen LogP contribution in [0.25, 0.3) is 5.65 Å². The largest absolute Gasteiger partial charge is 0.459 e. The fraction of sp³-hybridized carbons (Fsp3) is 0.100. The Labute approximate surface area is 163 Å². The van der Waals surface area contributed by atoms with Crippen LogP contribution in [-0.4, -0.2) is 21.4 Å². The maximum atomic E-state index is 12.2. The second-order valence-electron chi connectivity index (χ2n) is 6.17. The molecule has 9 nitrogen and oxygen atoms in total. The van der Waals surface area contributed by atoms with E-state index in [0.717, 1.165) is 4.57 Å². The van der Waals surface area contributed by atoms with E-state index in [-0.39, 0.29) is 17.9 Å². The lowest BCUT2D eigenvalue weighted by atomic mass is 10.2. The molecule has 29 heavy (non-hydrogen) atoms. The minimum Gasteiger partial charge on any atom is -0.459 e. The first-order valence-corrected chi connectivity index (χ1v) is 8.61. The van der Waals surface area contributed by atoms with Gasteiger partial charge in [0.2, 0.25) is 0 Å². The van der Waals surface area contributed by atoms with Crippen molar-refractivity contribution in [1.29, 1.82) is 0 Å². The molecule has 3 heterocycles. The number of hydrogen-bond acceptors (Lipinski definition) is 7. The Kier molecular flexibility index (Phi) is 4.70. The van der Waals surface area contributed by atoms with E-state index in [4.69, 9.17) is 13.7 Å². The Balaban J connectivity index is 1.40. The lowest BCUT2D eigenvalue weighted by Crippen LogP contribution is -2.15. The average Bonchev–Trinajstić information content (AvgIpc) is 3.36. The van der Waals surface area contributed by atoms with E-state index >= 15 is 0 Å². The van der Waals surface area contributed by atoms with E-state index in [2.05, 4.69) is 10.3 Å². The van der Waals surface area contributed by atoms with Crippen molar-refractivity contribution >= 4 is 23.2 Å². The van der Waals surface area contributed by atoms with Crippen molar-refractivity contribution in [2.24, 2.45) is 0 Å². The normalized spacial score (nSPS) is 10.8. The molecule has 0 radical (unpaired) electrons. The van der Waals surface area contributed by atoms with Crippen LogP contribution in [0.5, 0.6) is 0 Å². The summed E-state index contributed by atoms with van der Waals surface area (Å²) in [5, 5.41) is 2.65. The second-order valence-corrected chi connectivity index (χ2v) is 6.17. The van der Waals surface area contributed by atoms with E-state index in [1.807, 2.05) is 0 Å². The van der Waals surface area contributed by atoms with Gasteiger partial charge >= 0.3 is 5.97 Å². The van der Waals surface area contributed by atoms with Crippen LogP contribution in [0.4, 0.5) is 5.69 Å². The van der Waals surface area contributed by atoms with Gasteiger partial charge in [-0.05, 0) is 43.3 Å². The van der Waals surface area contributed by atoms with Crippen LogP contribution in [0, 0.1) is 6.92 Å². The minimum atomic E-state index is -0.584. The molecule has 0 bridgehead atoms. The topological polar surface area (TPSA) is 116 Å². The van der Waals surface area contributed by atoms with Gasteiger partial charge in [-0.3, -0.25) is 9.59 Å². The molecular formula is C20H15N3O6. The lowest BCUT2D eigenvalue weighted by molar-refractivity contribution is 0.0467. The number of aromatic nitrogens is 2. The molecule has 0 saturated carbocycles. The summed E-state index contributed by atoms with van der Waals surface area (Å²) < 4.78 is 16.5. The minimum absolute atomic E-state index is 0.161. The molecule has 0 unspecified atom stereocenters. The molecule has 1 amide bonds. The summed E-state index contributed by atoms with van der Waals surface area (Å²) in [5.41, 5.74) is 1.05. The van der Waals surface area contributed by atoms with Crippen molar-refractivity contribution in [2.45, 2.75) is 13.5 Å². The van der Waals surface area contributed by atoms with Crippen molar-refractivity contribution in [3.63, 3.8) is 0 Å². The zero-order valence-corrected chi connectivity index (χ0v) is 15.2. The molecule has 0 atom stereocenters. The van der Waals surface area contributed by atoms with Crippen LogP contribution >= 0.6 is 0 Å². The molecule has 0 spiro atoms. The molecule has 0 aliphatic heterocycles. The third-order valence-corrected chi connectivity index (χ3v) is 4.00. The highest BCUT2D eigenvalue weighted by molar-refractivity contribution is 6.02. The summed E-state index contributed by atoms with van der Waals surface area (Å²) in [6.45, 7) is 1.54. The van der Waals surface area contributed by atoms with E-state index < -0.39 is 17.4 Å². The first-order chi connectivity index (χ1) is 14.0. The number of rotatable bonds is 5. The SMILES string of the molecule is Cc1cc2nc(COC(=O)c3ccc(NC(=O)c4ccco4)cc3)cc(=O)n2o1. The Morgan fingerprint density at radius 2 is 1.97 bits per heavy atom. The fourth-order valence-electron chi connectivity index (χ4n) is 2.66. The van der Waals surface area contributed by atoms with Crippen molar-refractivity contribution in [3.05, 3.63) is 87.9 Å². The molecule has 4 aromatic rings. The monoisotopic (exact) mass is 393 g/mol. The second kappa shape index (κ2) is 7.47. The number of benzene rings is 1. The van der Waals surface area contributed by atoms with Crippen molar-refractivity contribution in [2.75, 3.05) is 5.32 Å². The first-order valence-electron chi connectivity index (χ1n) is 8.61. The smallest absolute Gasteiger partial charge is 0.338 e. The quantitative estimate of drug-likeness (QED) is 0.518. The number of carbonyl (C=O) groups is 2. The molecule has 9 heteroatoms. The molecule has 146 valence electrons. The number of carbonyl (C=O) groups excluding carboxylic acids is 2. The number of hydrogen-bond donors (Lipinski definition) is 1. The predicted octanol–water partition coefficient (Wildman–Crippen LogP) is 2.80. The van der Waals surface area contributed by atoms with Crippen molar-refractivity contribution < 1.29 is 23.3 Å². The Morgan fingerprint density at radius 3 is 2.69 bits per heavy atom. The van der Waals surface area contributed by atoms with E-state index in [9.17, 15) is 14.4 Å². The van der Waals surface area contributed by atoms with Gasteiger partial charge in [-0.25, -0.2) is 9.78 Å². The molecular weight excluding hydrogens is 378 g/mol. The van der Waals surface area contributed by atoms with Crippen LogP contribution in [0.2, 0.25) is 0 Å². The third-order valence-electron chi connectivity index (χ3n) is 4.00. The van der Waals surface area contributed by atoms with E-state index in [1.54, 1.807) is 37.3 Å². The van der Waals surface area contributed by atoms with Crippen LogP contribution in [0.15, 0.2) is 68.5 Å². The molecule has 1 N–H and O–H groups in total. The number of nitrogens with zero attached hydrogens (tertiary/aromatic N) is 2. The zero-order valence-electron chi connectivity index (χ0n) is 15.2. The Hall–Kier alpha value is -4.14. The maximum Gasteiger partial charge on any atom is 0.338 e. The zero-order chi connectivity index (χ0) is 20.4. The first kappa shape index (κ1) is 18.2. The fourth-order valence-corrected chi connectivity index (χ4v) is 2.66. The molecule has 3 aromatic heterocycles. The van der Waals surface area contributed by atoms with Gasteiger partial charge in [0.15, 0.2) is 11.4 Å². The number of esters is 1. The summed E-state index contributed by atoms with van der Waals surface area (Å²) in [6.07, 6.45) is 1.41. The standard InChI is InChI=1S/C20H15N3O6/c1-12-9-17-21-15(10-18(24)23(17)29-12)11-28-20(26)13-4-6-14(7-5-13)22-19(25)16-3-2-8-27-16/h2-10H,11H2,1H3,(H,22,25). The van der Waals surface area contributed by atoms with Crippen LogP contribution in [-0.2, 0) is 11.3 Å². The van der Waals surface area contributed by atoms with Crippen LogP contribution in [0.3, 0.4) is 0 Å². The lowest BCUT2D eigenvalue weighted by Gasteiger charge is -2.06. The number of furan rings is 1. The number of ether oxygens (including phenoxy) is 1. The van der Waals surface area contributed by atoms with E-state index in [1.165, 1.54) is 24.5 Å². The van der Waals surface area contributed by atoms with Gasteiger partial charge in [0.1, 0.15) is 12.4 Å².